The average molecular weight is 155 g/mol. The second-order valence-electron chi connectivity index (χ2n) is 2.65. The predicted molar refractivity (Wildman–Crippen MR) is 46.3 cm³/mol. The molecule has 2 heteroatoms. The predicted octanol–water partition coefficient (Wildman–Crippen LogP) is 2.03. The number of hydrogen-bond donors (Lipinski definition) is 1. The molecular weight excluding hydrogens is 142 g/mol. The van der Waals surface area contributed by atoms with Gasteiger partial charge < -0.3 is 5.73 Å². The molecule has 1 atom stereocenters. The van der Waals surface area contributed by atoms with Gasteiger partial charge in [0.05, 0.1) is 0 Å². The lowest BCUT2D eigenvalue weighted by molar-refractivity contribution is 0.667. The first kappa shape index (κ1) is 7.76. The van der Waals surface area contributed by atoms with Gasteiger partial charge >= 0.3 is 0 Å². The van der Waals surface area contributed by atoms with Crippen LogP contribution in [0.1, 0.15) is 18.9 Å². The summed E-state index contributed by atoms with van der Waals surface area (Å²) in [5, 5.41) is 4.29. The number of aryl methyl sites for hydroxylation is 1. The fourth-order valence-electron chi connectivity index (χ4n) is 0.829. The van der Waals surface area contributed by atoms with E-state index in [4.69, 9.17) is 5.73 Å². The molecule has 0 bridgehead atoms. The van der Waals surface area contributed by atoms with E-state index in [-0.39, 0.29) is 0 Å². The van der Waals surface area contributed by atoms with Gasteiger partial charge in [0, 0.05) is 6.04 Å². The van der Waals surface area contributed by atoms with E-state index in [1.807, 2.05) is 6.92 Å². The Bertz CT molecular complexity index is 167. The quantitative estimate of drug-likeness (QED) is 0.710. The van der Waals surface area contributed by atoms with Gasteiger partial charge in [-0.3, -0.25) is 0 Å². The fourth-order valence-corrected chi connectivity index (χ4v) is 1.53. The van der Waals surface area contributed by atoms with Crippen molar-refractivity contribution in [1.29, 1.82) is 0 Å². The molecule has 0 radical (unpaired) electrons. The van der Waals surface area contributed by atoms with E-state index in [0.717, 1.165) is 12.8 Å². The van der Waals surface area contributed by atoms with Gasteiger partial charge in [-0.25, -0.2) is 0 Å². The molecule has 0 fully saturated rings. The van der Waals surface area contributed by atoms with Crippen molar-refractivity contribution in [2.24, 2.45) is 5.73 Å². The van der Waals surface area contributed by atoms with Crippen LogP contribution >= 0.6 is 11.3 Å². The third-order valence-electron chi connectivity index (χ3n) is 1.47. The van der Waals surface area contributed by atoms with Gasteiger partial charge in [-0.2, -0.15) is 11.3 Å². The van der Waals surface area contributed by atoms with E-state index < -0.39 is 0 Å². The Balaban J connectivity index is 2.28. The van der Waals surface area contributed by atoms with Crippen molar-refractivity contribution in [2.45, 2.75) is 25.8 Å². The summed E-state index contributed by atoms with van der Waals surface area (Å²) < 4.78 is 0. The van der Waals surface area contributed by atoms with Crippen LogP contribution < -0.4 is 5.73 Å². The highest BCUT2D eigenvalue weighted by atomic mass is 32.1. The van der Waals surface area contributed by atoms with E-state index in [0.29, 0.717) is 6.04 Å². The summed E-state index contributed by atoms with van der Waals surface area (Å²) >= 11 is 1.75. The highest BCUT2D eigenvalue weighted by Gasteiger charge is 1.95. The molecule has 0 saturated heterocycles. The molecular formula is C8H13NS. The van der Waals surface area contributed by atoms with Crippen LogP contribution in [0.3, 0.4) is 0 Å². The van der Waals surface area contributed by atoms with E-state index >= 15 is 0 Å². The molecule has 1 rings (SSSR count). The van der Waals surface area contributed by atoms with Crippen molar-refractivity contribution < 1.29 is 0 Å². The lowest BCUT2D eigenvalue weighted by Crippen LogP contribution is -2.15. The van der Waals surface area contributed by atoms with E-state index in [9.17, 15) is 0 Å². The van der Waals surface area contributed by atoms with Crippen molar-refractivity contribution in [1.82, 2.24) is 0 Å². The zero-order valence-corrected chi connectivity index (χ0v) is 7.03. The van der Waals surface area contributed by atoms with E-state index in [1.54, 1.807) is 11.3 Å². The number of rotatable bonds is 3. The molecule has 0 aliphatic heterocycles. The standard InChI is InChI=1S/C8H13NS/c1-7(9)2-3-8-4-5-10-6-8/h4-7H,2-3,9H2,1H3. The molecule has 1 aromatic rings. The van der Waals surface area contributed by atoms with E-state index in [2.05, 4.69) is 16.8 Å². The normalized spacial score (nSPS) is 13.4. The van der Waals surface area contributed by atoms with E-state index in [1.165, 1.54) is 5.56 Å². The van der Waals surface area contributed by atoms with Crippen LogP contribution in [-0.4, -0.2) is 6.04 Å². The number of nitrogens with two attached hydrogens (primary N) is 1. The van der Waals surface area contributed by atoms with Crippen molar-refractivity contribution in [3.05, 3.63) is 22.4 Å². The minimum atomic E-state index is 0.333. The molecule has 56 valence electrons. The first-order chi connectivity index (χ1) is 4.79. The molecule has 0 saturated carbocycles. The Hall–Kier alpha value is -0.340. The Morgan fingerprint density at radius 2 is 2.50 bits per heavy atom. The Morgan fingerprint density at radius 3 is 3.00 bits per heavy atom. The van der Waals surface area contributed by atoms with Crippen LogP contribution in [0.2, 0.25) is 0 Å². The monoisotopic (exact) mass is 155 g/mol. The molecule has 1 heterocycles. The molecule has 0 aliphatic carbocycles. The van der Waals surface area contributed by atoms with Gasteiger partial charge in [0.25, 0.3) is 0 Å². The van der Waals surface area contributed by atoms with Crippen LogP contribution in [0.4, 0.5) is 0 Å². The minimum absolute atomic E-state index is 0.333. The number of thiophene rings is 1. The first-order valence-electron chi connectivity index (χ1n) is 3.55. The maximum Gasteiger partial charge on any atom is 0.00136 e. The maximum absolute atomic E-state index is 5.61. The third-order valence-corrected chi connectivity index (χ3v) is 2.20. The molecule has 0 aliphatic rings. The molecule has 1 aromatic heterocycles. The Morgan fingerprint density at radius 1 is 1.70 bits per heavy atom. The van der Waals surface area contributed by atoms with Crippen molar-refractivity contribution in [3.8, 4) is 0 Å². The third kappa shape index (κ3) is 2.50. The largest absolute Gasteiger partial charge is 0.328 e. The summed E-state index contributed by atoms with van der Waals surface area (Å²) in [6.45, 7) is 2.05. The zero-order valence-electron chi connectivity index (χ0n) is 6.21. The van der Waals surface area contributed by atoms with Crippen LogP contribution in [0.15, 0.2) is 16.8 Å². The van der Waals surface area contributed by atoms with Crippen LogP contribution in [0.25, 0.3) is 0 Å². The van der Waals surface area contributed by atoms with Crippen LogP contribution in [0.5, 0.6) is 0 Å². The molecule has 1 nitrogen and oxygen atoms in total. The van der Waals surface area contributed by atoms with Crippen LogP contribution in [-0.2, 0) is 6.42 Å². The lowest BCUT2D eigenvalue weighted by Gasteiger charge is -2.01. The van der Waals surface area contributed by atoms with Crippen molar-refractivity contribution in [3.63, 3.8) is 0 Å². The molecule has 0 amide bonds. The Labute approximate surface area is 65.9 Å². The average Bonchev–Trinajstić information content (AvgIpc) is 2.34. The number of hydrogen-bond acceptors (Lipinski definition) is 2. The SMILES string of the molecule is CC(N)CCc1ccsc1. The van der Waals surface area contributed by atoms with Crippen molar-refractivity contribution in [2.75, 3.05) is 0 Å². The van der Waals surface area contributed by atoms with Gasteiger partial charge in [-0.15, -0.1) is 0 Å². The fraction of sp³-hybridized carbons (Fsp3) is 0.500. The minimum Gasteiger partial charge on any atom is -0.328 e. The van der Waals surface area contributed by atoms with Gasteiger partial charge in [0.15, 0.2) is 0 Å². The highest BCUT2D eigenvalue weighted by Crippen LogP contribution is 2.08. The van der Waals surface area contributed by atoms with Gasteiger partial charge in [0.2, 0.25) is 0 Å². The lowest BCUT2D eigenvalue weighted by atomic mass is 10.1. The molecule has 10 heavy (non-hydrogen) atoms. The highest BCUT2D eigenvalue weighted by molar-refractivity contribution is 7.07. The molecule has 1 unspecified atom stereocenters. The summed E-state index contributed by atoms with van der Waals surface area (Å²) in [6.07, 6.45) is 2.22. The topological polar surface area (TPSA) is 26.0 Å². The second-order valence-corrected chi connectivity index (χ2v) is 3.43. The van der Waals surface area contributed by atoms with Crippen LogP contribution in [0, 0.1) is 0 Å². The molecule has 0 aromatic carbocycles. The molecule has 0 spiro atoms. The van der Waals surface area contributed by atoms with Gasteiger partial charge in [-0.05, 0) is 42.2 Å². The summed E-state index contributed by atoms with van der Waals surface area (Å²) in [7, 11) is 0. The smallest absolute Gasteiger partial charge is 0.00136 e. The van der Waals surface area contributed by atoms with Gasteiger partial charge in [-0.1, -0.05) is 0 Å². The summed E-state index contributed by atoms with van der Waals surface area (Å²) in [4.78, 5) is 0. The summed E-state index contributed by atoms with van der Waals surface area (Å²) in [5.74, 6) is 0. The second kappa shape index (κ2) is 3.74. The zero-order chi connectivity index (χ0) is 7.40. The molecule has 2 N–H and O–H groups in total. The van der Waals surface area contributed by atoms with Gasteiger partial charge in [0.1, 0.15) is 0 Å². The summed E-state index contributed by atoms with van der Waals surface area (Å²) in [6, 6.07) is 2.49. The Kier molecular flexibility index (Phi) is 2.90. The maximum atomic E-state index is 5.61. The summed E-state index contributed by atoms with van der Waals surface area (Å²) in [5.41, 5.74) is 7.03. The first-order valence-corrected chi connectivity index (χ1v) is 4.50. The van der Waals surface area contributed by atoms with Crippen molar-refractivity contribution >= 4 is 11.3 Å².